The monoisotopic (exact) mass is 302 g/mol. The van der Waals surface area contributed by atoms with Crippen LogP contribution in [0.1, 0.15) is 13.3 Å². The Balaban J connectivity index is 4.64. The van der Waals surface area contributed by atoms with E-state index < -0.39 is 12.0 Å². The first-order chi connectivity index (χ1) is 9.68. The molecule has 21 heavy (non-hydrogen) atoms. The summed E-state index contributed by atoms with van der Waals surface area (Å²) in [7, 11) is 6.64. The molecule has 0 saturated carbocycles. The normalized spacial score (nSPS) is 13.5. The lowest BCUT2D eigenvalue weighted by molar-refractivity contribution is -0.155. The molecule has 0 aliphatic rings. The van der Waals surface area contributed by atoms with Crippen molar-refractivity contribution in [2.75, 3.05) is 41.3 Å². The van der Waals surface area contributed by atoms with Gasteiger partial charge < -0.3 is 25.6 Å². The zero-order chi connectivity index (χ0) is 16.6. The molecule has 0 saturated heterocycles. The largest absolute Gasteiger partial charge is 0.462 e. The zero-order valence-electron chi connectivity index (χ0n) is 13.4. The third-order valence-electron chi connectivity index (χ3n) is 2.93. The van der Waals surface area contributed by atoms with Crippen LogP contribution < -0.4 is 11.1 Å². The Morgan fingerprint density at radius 1 is 1.24 bits per heavy atom. The number of nitrogens with one attached hydrogen (secondary N) is 1. The number of hydrogen-bond donors (Lipinski definition) is 2. The standard InChI is InChI=1S/C13H26N4O4/c1-9(18)17(5)11(6-12(19)15-2)13(20)21-8-10(14)7-16(3)4/h10-11H,6-8,14H2,1-5H3,(H,15,19)/t10-,11+/m1/s1. The Morgan fingerprint density at radius 2 is 1.81 bits per heavy atom. The predicted octanol–water partition coefficient (Wildman–Crippen LogP) is -1.60. The third kappa shape index (κ3) is 7.62. The molecular formula is C13H26N4O4. The van der Waals surface area contributed by atoms with Gasteiger partial charge in [-0.25, -0.2) is 4.79 Å². The van der Waals surface area contributed by atoms with Gasteiger partial charge in [0, 0.05) is 27.6 Å². The van der Waals surface area contributed by atoms with Gasteiger partial charge in [-0.05, 0) is 14.1 Å². The molecule has 8 heteroatoms. The summed E-state index contributed by atoms with van der Waals surface area (Å²) in [6.07, 6.45) is -0.145. The molecule has 0 aromatic rings. The quantitative estimate of drug-likeness (QED) is 0.523. The van der Waals surface area contributed by atoms with Crippen molar-refractivity contribution in [1.82, 2.24) is 15.1 Å². The number of carbonyl (C=O) groups is 3. The molecule has 0 aliphatic heterocycles. The van der Waals surface area contributed by atoms with E-state index in [0.717, 1.165) is 0 Å². The van der Waals surface area contributed by atoms with Crippen molar-refractivity contribution >= 4 is 17.8 Å². The number of nitrogens with two attached hydrogens (primary N) is 1. The lowest BCUT2D eigenvalue weighted by atomic mass is 10.1. The maximum absolute atomic E-state index is 12.1. The summed E-state index contributed by atoms with van der Waals surface area (Å²) in [5.41, 5.74) is 5.81. The SMILES string of the molecule is CNC(=O)C[C@@H](C(=O)OC[C@H](N)CN(C)C)N(C)C(C)=O. The van der Waals surface area contributed by atoms with Gasteiger partial charge in [0.05, 0.1) is 12.5 Å². The van der Waals surface area contributed by atoms with E-state index in [1.165, 1.54) is 25.9 Å². The van der Waals surface area contributed by atoms with E-state index in [0.29, 0.717) is 6.54 Å². The van der Waals surface area contributed by atoms with Crippen molar-refractivity contribution in [3.8, 4) is 0 Å². The van der Waals surface area contributed by atoms with E-state index in [2.05, 4.69) is 5.32 Å². The molecule has 0 radical (unpaired) electrons. The number of amides is 2. The first kappa shape index (κ1) is 19.3. The van der Waals surface area contributed by atoms with Crippen LogP contribution in [0.15, 0.2) is 0 Å². The summed E-state index contributed by atoms with van der Waals surface area (Å²) in [5.74, 6) is -1.30. The number of nitrogens with zero attached hydrogens (tertiary/aromatic N) is 2. The molecule has 0 rings (SSSR count). The van der Waals surface area contributed by atoms with E-state index >= 15 is 0 Å². The molecule has 0 heterocycles. The maximum Gasteiger partial charge on any atom is 0.329 e. The van der Waals surface area contributed by atoms with Gasteiger partial charge in [0.1, 0.15) is 12.6 Å². The van der Waals surface area contributed by atoms with Gasteiger partial charge in [0.25, 0.3) is 0 Å². The fourth-order valence-electron chi connectivity index (χ4n) is 1.68. The molecule has 0 aromatic carbocycles. The topological polar surface area (TPSA) is 105 Å². The minimum Gasteiger partial charge on any atom is -0.462 e. The van der Waals surface area contributed by atoms with Gasteiger partial charge in [-0.3, -0.25) is 9.59 Å². The van der Waals surface area contributed by atoms with Crippen LogP contribution in [-0.2, 0) is 19.1 Å². The summed E-state index contributed by atoms with van der Waals surface area (Å²) in [5, 5.41) is 2.42. The molecule has 122 valence electrons. The number of hydrogen-bond acceptors (Lipinski definition) is 6. The van der Waals surface area contributed by atoms with Gasteiger partial charge in [-0.15, -0.1) is 0 Å². The number of esters is 1. The van der Waals surface area contributed by atoms with Gasteiger partial charge in [0.2, 0.25) is 11.8 Å². The van der Waals surface area contributed by atoms with Crippen molar-refractivity contribution in [3.05, 3.63) is 0 Å². The number of rotatable bonds is 8. The molecule has 8 nitrogen and oxygen atoms in total. The van der Waals surface area contributed by atoms with Crippen molar-refractivity contribution in [2.24, 2.45) is 5.73 Å². The van der Waals surface area contributed by atoms with Gasteiger partial charge in [0.15, 0.2) is 0 Å². The Bertz CT molecular complexity index is 373. The molecule has 0 bridgehead atoms. The lowest BCUT2D eigenvalue weighted by Gasteiger charge is -2.26. The molecule has 2 atom stereocenters. The minimum atomic E-state index is -0.950. The smallest absolute Gasteiger partial charge is 0.329 e. The molecule has 0 unspecified atom stereocenters. The Morgan fingerprint density at radius 3 is 2.24 bits per heavy atom. The maximum atomic E-state index is 12.1. The average Bonchev–Trinajstić information content (AvgIpc) is 2.40. The zero-order valence-corrected chi connectivity index (χ0v) is 13.4. The summed E-state index contributed by atoms with van der Waals surface area (Å²) >= 11 is 0. The second-order valence-corrected chi connectivity index (χ2v) is 5.18. The minimum absolute atomic E-state index is 0.0347. The molecule has 2 amide bonds. The molecular weight excluding hydrogens is 276 g/mol. The van der Waals surface area contributed by atoms with Crippen LogP contribution in [0, 0.1) is 0 Å². The van der Waals surface area contributed by atoms with Crippen LogP contribution >= 0.6 is 0 Å². The van der Waals surface area contributed by atoms with Crippen LogP contribution in [0.2, 0.25) is 0 Å². The Kier molecular flexibility index (Phi) is 8.56. The molecule has 0 aliphatic carbocycles. The second kappa shape index (κ2) is 9.30. The van der Waals surface area contributed by atoms with Crippen molar-refractivity contribution in [1.29, 1.82) is 0 Å². The fourth-order valence-corrected chi connectivity index (χ4v) is 1.68. The van der Waals surface area contributed by atoms with E-state index in [4.69, 9.17) is 10.5 Å². The lowest BCUT2D eigenvalue weighted by Crippen LogP contribution is -2.46. The van der Waals surface area contributed by atoms with Crippen LogP contribution in [0.5, 0.6) is 0 Å². The molecule has 0 aromatic heterocycles. The highest BCUT2D eigenvalue weighted by molar-refractivity contribution is 5.88. The molecule has 0 spiro atoms. The predicted molar refractivity (Wildman–Crippen MR) is 78.4 cm³/mol. The third-order valence-corrected chi connectivity index (χ3v) is 2.93. The summed E-state index contributed by atoms with van der Waals surface area (Å²) in [6.45, 7) is 1.92. The van der Waals surface area contributed by atoms with Crippen molar-refractivity contribution in [3.63, 3.8) is 0 Å². The average molecular weight is 302 g/mol. The second-order valence-electron chi connectivity index (χ2n) is 5.18. The number of ether oxygens (including phenoxy) is 1. The highest BCUT2D eigenvalue weighted by Gasteiger charge is 2.29. The van der Waals surface area contributed by atoms with Gasteiger partial charge in [-0.1, -0.05) is 0 Å². The summed E-state index contributed by atoms with van der Waals surface area (Å²) in [6, 6.07) is -1.28. The molecule has 3 N–H and O–H groups in total. The van der Waals surface area contributed by atoms with E-state index in [1.807, 2.05) is 19.0 Å². The van der Waals surface area contributed by atoms with E-state index in [9.17, 15) is 14.4 Å². The first-order valence-electron chi connectivity index (χ1n) is 6.70. The van der Waals surface area contributed by atoms with Gasteiger partial charge in [-0.2, -0.15) is 0 Å². The Hall–Kier alpha value is -1.67. The fraction of sp³-hybridized carbons (Fsp3) is 0.769. The van der Waals surface area contributed by atoms with Crippen LogP contribution in [0.25, 0.3) is 0 Å². The highest BCUT2D eigenvalue weighted by Crippen LogP contribution is 2.06. The molecule has 0 fully saturated rings. The number of likely N-dealkylation sites (N-methyl/N-ethyl adjacent to an activating group) is 2. The van der Waals surface area contributed by atoms with E-state index in [-0.39, 0.29) is 30.9 Å². The first-order valence-corrected chi connectivity index (χ1v) is 6.70. The van der Waals surface area contributed by atoms with Crippen LogP contribution in [0.4, 0.5) is 0 Å². The van der Waals surface area contributed by atoms with Crippen LogP contribution in [-0.4, -0.2) is 81.0 Å². The highest BCUT2D eigenvalue weighted by atomic mass is 16.5. The van der Waals surface area contributed by atoms with E-state index in [1.54, 1.807) is 0 Å². The van der Waals surface area contributed by atoms with Gasteiger partial charge >= 0.3 is 5.97 Å². The Labute approximate surface area is 125 Å². The summed E-state index contributed by atoms with van der Waals surface area (Å²) in [4.78, 5) is 38.0. The van der Waals surface area contributed by atoms with Crippen molar-refractivity contribution in [2.45, 2.75) is 25.4 Å². The van der Waals surface area contributed by atoms with Crippen molar-refractivity contribution < 1.29 is 19.1 Å². The summed E-state index contributed by atoms with van der Waals surface area (Å²) < 4.78 is 5.12. The number of carbonyl (C=O) groups excluding carboxylic acids is 3. The van der Waals surface area contributed by atoms with Crippen LogP contribution in [0.3, 0.4) is 0 Å².